The minimum absolute atomic E-state index is 0.376. The Hall–Kier alpha value is -0.870. The van der Waals surface area contributed by atoms with Crippen LogP contribution in [0.3, 0.4) is 0 Å². The number of benzene rings is 1. The van der Waals surface area contributed by atoms with E-state index in [-0.39, 0.29) is 6.79 Å². The highest BCUT2D eigenvalue weighted by atomic mass is 79.9. The largest absolute Gasteiger partial charge is 0.467 e. The number of hydrogen-bond donors (Lipinski definition) is 1. The quantitative estimate of drug-likeness (QED) is 0.634. The van der Waals surface area contributed by atoms with E-state index < -0.39 is 0 Å². The van der Waals surface area contributed by atoms with Crippen LogP contribution in [0, 0.1) is 0 Å². The molecule has 0 unspecified atom stereocenters. The Morgan fingerprint density at radius 1 is 1.58 bits per heavy atom. The average Bonchev–Trinajstić information content (AvgIpc) is 2.09. The highest BCUT2D eigenvalue weighted by molar-refractivity contribution is 9.10. The van der Waals surface area contributed by atoms with Gasteiger partial charge in [-0.25, -0.2) is 0 Å². The fourth-order valence-corrected chi connectivity index (χ4v) is 1.29. The SMILES string of the molecule is O=Cc1ccc(OCO)c(Br)c1. The van der Waals surface area contributed by atoms with Crippen molar-refractivity contribution in [3.05, 3.63) is 28.2 Å². The van der Waals surface area contributed by atoms with E-state index in [1.54, 1.807) is 18.2 Å². The van der Waals surface area contributed by atoms with Gasteiger partial charge in [0.1, 0.15) is 12.0 Å². The Morgan fingerprint density at radius 3 is 2.83 bits per heavy atom. The van der Waals surface area contributed by atoms with E-state index in [0.717, 1.165) is 6.29 Å². The number of aliphatic hydroxyl groups is 1. The van der Waals surface area contributed by atoms with Crippen LogP contribution in [0.4, 0.5) is 0 Å². The molecule has 0 aliphatic carbocycles. The number of carbonyl (C=O) groups is 1. The van der Waals surface area contributed by atoms with Crippen molar-refractivity contribution >= 4 is 22.2 Å². The third-order valence-corrected chi connectivity index (χ3v) is 1.93. The summed E-state index contributed by atoms with van der Waals surface area (Å²) in [6, 6.07) is 4.85. The van der Waals surface area contributed by atoms with Gasteiger partial charge in [-0.15, -0.1) is 0 Å². The fourth-order valence-electron chi connectivity index (χ4n) is 0.777. The second-order valence-corrected chi connectivity index (χ2v) is 2.94. The summed E-state index contributed by atoms with van der Waals surface area (Å²) < 4.78 is 5.48. The van der Waals surface area contributed by atoms with Gasteiger partial charge in [0.05, 0.1) is 4.47 Å². The van der Waals surface area contributed by atoms with Crippen LogP contribution in [0.2, 0.25) is 0 Å². The molecule has 64 valence electrons. The summed E-state index contributed by atoms with van der Waals surface area (Å²) in [5.41, 5.74) is 0.562. The Kier molecular flexibility index (Phi) is 3.25. The van der Waals surface area contributed by atoms with Gasteiger partial charge in [0.2, 0.25) is 0 Å². The summed E-state index contributed by atoms with van der Waals surface area (Å²) in [5.74, 6) is 0.517. The van der Waals surface area contributed by atoms with Crippen molar-refractivity contribution in [2.24, 2.45) is 0 Å². The van der Waals surface area contributed by atoms with E-state index in [1.165, 1.54) is 0 Å². The third kappa shape index (κ3) is 2.06. The number of halogens is 1. The summed E-state index contributed by atoms with van der Waals surface area (Å²) in [6.07, 6.45) is 0.744. The first-order chi connectivity index (χ1) is 5.77. The van der Waals surface area contributed by atoms with E-state index >= 15 is 0 Å². The maximum atomic E-state index is 10.3. The molecule has 3 nitrogen and oxygen atoms in total. The van der Waals surface area contributed by atoms with E-state index in [4.69, 9.17) is 9.84 Å². The molecular formula is C8H7BrO3. The van der Waals surface area contributed by atoms with Gasteiger partial charge >= 0.3 is 0 Å². The second-order valence-electron chi connectivity index (χ2n) is 2.08. The van der Waals surface area contributed by atoms with Gasteiger partial charge in [0.15, 0.2) is 6.79 Å². The molecule has 0 fully saturated rings. The lowest BCUT2D eigenvalue weighted by Gasteiger charge is -2.04. The number of aldehydes is 1. The Balaban J connectivity index is 2.94. The van der Waals surface area contributed by atoms with Crippen LogP contribution >= 0.6 is 15.9 Å². The summed E-state index contributed by atoms with van der Waals surface area (Å²) in [7, 11) is 0. The predicted molar refractivity (Wildman–Crippen MR) is 47.2 cm³/mol. The van der Waals surface area contributed by atoms with E-state index in [2.05, 4.69) is 15.9 Å². The molecule has 4 heteroatoms. The summed E-state index contributed by atoms with van der Waals surface area (Å²) in [4.78, 5) is 10.3. The molecule has 0 bridgehead atoms. The van der Waals surface area contributed by atoms with Crippen LogP contribution < -0.4 is 4.74 Å². The second kappa shape index (κ2) is 4.23. The Morgan fingerprint density at radius 2 is 2.33 bits per heavy atom. The minimum Gasteiger partial charge on any atom is -0.467 e. The average molecular weight is 231 g/mol. The Bertz CT molecular complexity index is 286. The summed E-state index contributed by atoms with van der Waals surface area (Å²) in [5, 5.41) is 8.46. The van der Waals surface area contributed by atoms with Crippen LogP contribution in [0.5, 0.6) is 5.75 Å². The molecule has 0 atom stereocenters. The highest BCUT2D eigenvalue weighted by Gasteiger charge is 2.00. The molecule has 0 saturated heterocycles. The molecule has 0 radical (unpaired) electrons. The molecule has 0 spiro atoms. The molecule has 0 amide bonds. The number of rotatable bonds is 3. The molecule has 0 aliphatic rings. The van der Waals surface area contributed by atoms with Crippen LogP contribution in [-0.2, 0) is 0 Å². The van der Waals surface area contributed by atoms with Crippen molar-refractivity contribution in [3.63, 3.8) is 0 Å². The van der Waals surface area contributed by atoms with E-state index in [9.17, 15) is 4.79 Å². The zero-order chi connectivity index (χ0) is 8.97. The van der Waals surface area contributed by atoms with E-state index in [0.29, 0.717) is 15.8 Å². The molecular weight excluding hydrogens is 224 g/mol. The van der Waals surface area contributed by atoms with Gasteiger partial charge in [-0.2, -0.15) is 0 Å². The van der Waals surface area contributed by atoms with Crippen molar-refractivity contribution in [2.75, 3.05) is 6.79 Å². The summed E-state index contributed by atoms with van der Waals surface area (Å²) >= 11 is 3.19. The molecule has 1 aromatic carbocycles. The van der Waals surface area contributed by atoms with Crippen molar-refractivity contribution < 1.29 is 14.6 Å². The lowest BCUT2D eigenvalue weighted by atomic mass is 10.2. The van der Waals surface area contributed by atoms with Crippen LogP contribution in [0.25, 0.3) is 0 Å². The zero-order valence-electron chi connectivity index (χ0n) is 6.16. The van der Waals surface area contributed by atoms with Gasteiger partial charge in [-0.1, -0.05) is 0 Å². The molecule has 0 aromatic heterocycles. The molecule has 12 heavy (non-hydrogen) atoms. The molecule has 0 aliphatic heterocycles. The molecule has 1 rings (SSSR count). The number of hydrogen-bond acceptors (Lipinski definition) is 3. The van der Waals surface area contributed by atoms with Crippen molar-refractivity contribution in [1.29, 1.82) is 0 Å². The van der Waals surface area contributed by atoms with Gasteiger partial charge in [0.25, 0.3) is 0 Å². The fraction of sp³-hybridized carbons (Fsp3) is 0.125. The standard InChI is InChI=1S/C8H7BrO3/c9-7-3-6(4-10)1-2-8(7)12-5-11/h1-4,11H,5H2. The topological polar surface area (TPSA) is 46.5 Å². The van der Waals surface area contributed by atoms with Gasteiger partial charge in [-0.3, -0.25) is 4.79 Å². The smallest absolute Gasteiger partial charge is 0.186 e. The number of aliphatic hydroxyl groups excluding tert-OH is 1. The minimum atomic E-state index is -0.376. The number of ether oxygens (including phenoxy) is 1. The maximum absolute atomic E-state index is 10.3. The maximum Gasteiger partial charge on any atom is 0.186 e. The molecule has 0 heterocycles. The monoisotopic (exact) mass is 230 g/mol. The summed E-state index contributed by atoms with van der Waals surface area (Å²) in [6.45, 7) is -0.376. The van der Waals surface area contributed by atoms with Crippen LogP contribution in [-0.4, -0.2) is 18.2 Å². The van der Waals surface area contributed by atoms with Crippen molar-refractivity contribution in [1.82, 2.24) is 0 Å². The number of carbonyl (C=O) groups excluding carboxylic acids is 1. The first kappa shape index (κ1) is 9.22. The third-order valence-electron chi connectivity index (χ3n) is 1.31. The zero-order valence-corrected chi connectivity index (χ0v) is 7.74. The first-order valence-electron chi connectivity index (χ1n) is 3.26. The normalized spacial score (nSPS) is 9.50. The van der Waals surface area contributed by atoms with E-state index in [1.807, 2.05) is 0 Å². The Labute approximate surface area is 78.1 Å². The van der Waals surface area contributed by atoms with Crippen molar-refractivity contribution in [3.8, 4) is 5.75 Å². The lowest BCUT2D eigenvalue weighted by Crippen LogP contribution is -1.95. The first-order valence-corrected chi connectivity index (χ1v) is 4.05. The highest BCUT2D eigenvalue weighted by Crippen LogP contribution is 2.25. The van der Waals surface area contributed by atoms with Crippen LogP contribution in [0.15, 0.2) is 22.7 Å². The molecule has 1 aromatic rings. The lowest BCUT2D eigenvalue weighted by molar-refractivity contribution is 0.0978. The van der Waals surface area contributed by atoms with Crippen molar-refractivity contribution in [2.45, 2.75) is 0 Å². The van der Waals surface area contributed by atoms with Gasteiger partial charge in [0, 0.05) is 5.56 Å². The van der Waals surface area contributed by atoms with Gasteiger partial charge in [-0.05, 0) is 34.1 Å². The van der Waals surface area contributed by atoms with Crippen LogP contribution in [0.1, 0.15) is 10.4 Å². The predicted octanol–water partition coefficient (Wildman–Crippen LogP) is 1.59. The molecule has 0 saturated carbocycles. The molecule has 1 N–H and O–H groups in total. The van der Waals surface area contributed by atoms with Gasteiger partial charge < -0.3 is 9.84 Å².